The summed E-state index contributed by atoms with van der Waals surface area (Å²) < 4.78 is 6.36. The quantitative estimate of drug-likeness (QED) is 0.699. The number of ether oxygens (including phenoxy) is 1. The molecule has 1 saturated carbocycles. The fraction of sp³-hybridized carbons (Fsp3) is 0.933. The number of fused-ring (bicyclic) bond motifs is 4. The fourth-order valence-corrected chi connectivity index (χ4v) is 4.68. The first-order valence-corrected chi connectivity index (χ1v) is 7.15. The van der Waals surface area contributed by atoms with Crippen LogP contribution in [0, 0.1) is 23.7 Å². The molecular weight excluding hydrogens is 212 g/mol. The largest absolute Gasteiger partial charge is 0.360 e. The van der Waals surface area contributed by atoms with Gasteiger partial charge in [0.15, 0.2) is 5.78 Å². The highest BCUT2D eigenvalue weighted by Gasteiger charge is 2.66. The molecule has 2 aliphatic heterocycles. The summed E-state index contributed by atoms with van der Waals surface area (Å²) in [5.74, 6) is 2.06. The first-order valence-electron chi connectivity index (χ1n) is 7.15. The summed E-state index contributed by atoms with van der Waals surface area (Å²) in [6, 6.07) is 0. The summed E-state index contributed by atoms with van der Waals surface area (Å²) in [6.45, 7) is 8.79. The van der Waals surface area contributed by atoms with Gasteiger partial charge < -0.3 is 4.74 Å². The molecule has 0 aromatic rings. The molecule has 0 aromatic heterocycles. The van der Waals surface area contributed by atoms with Crippen LogP contribution in [0.1, 0.15) is 53.4 Å². The van der Waals surface area contributed by atoms with E-state index in [1.165, 1.54) is 12.8 Å². The molecule has 3 aliphatic rings. The van der Waals surface area contributed by atoms with Crippen molar-refractivity contribution in [2.75, 3.05) is 0 Å². The lowest BCUT2D eigenvalue weighted by atomic mass is 9.71. The lowest BCUT2D eigenvalue weighted by Gasteiger charge is -2.47. The van der Waals surface area contributed by atoms with Crippen LogP contribution in [-0.4, -0.2) is 17.0 Å². The van der Waals surface area contributed by atoms with Gasteiger partial charge in [-0.2, -0.15) is 0 Å². The smallest absolute Gasteiger partial charge is 0.168 e. The highest BCUT2D eigenvalue weighted by atomic mass is 16.5. The summed E-state index contributed by atoms with van der Waals surface area (Å²) in [6.07, 6.45) is 4.40. The summed E-state index contributed by atoms with van der Waals surface area (Å²) >= 11 is 0. The molecular formula is C15H24O2. The van der Waals surface area contributed by atoms with E-state index in [2.05, 4.69) is 27.7 Å². The first kappa shape index (κ1) is 11.7. The van der Waals surface area contributed by atoms with Crippen LogP contribution in [0.15, 0.2) is 0 Å². The molecule has 17 heavy (non-hydrogen) atoms. The zero-order chi connectivity index (χ0) is 12.4. The van der Waals surface area contributed by atoms with Gasteiger partial charge in [0.1, 0.15) is 5.60 Å². The number of hydrogen-bond acceptors (Lipinski definition) is 2. The van der Waals surface area contributed by atoms with Crippen molar-refractivity contribution < 1.29 is 9.53 Å². The molecule has 3 fully saturated rings. The van der Waals surface area contributed by atoms with Gasteiger partial charge in [0.25, 0.3) is 0 Å². The van der Waals surface area contributed by atoms with Crippen LogP contribution < -0.4 is 0 Å². The number of ketones is 1. The number of carbonyl (C=O) groups excluding carboxylic acids is 1. The van der Waals surface area contributed by atoms with Crippen LogP contribution in [0.3, 0.4) is 0 Å². The van der Waals surface area contributed by atoms with Crippen LogP contribution in [0.25, 0.3) is 0 Å². The molecule has 2 heterocycles. The molecule has 0 radical (unpaired) electrons. The van der Waals surface area contributed by atoms with E-state index in [9.17, 15) is 4.79 Å². The Bertz CT molecular complexity index is 362. The summed E-state index contributed by atoms with van der Waals surface area (Å²) in [5, 5.41) is 0. The van der Waals surface area contributed by atoms with Gasteiger partial charge in [0.2, 0.25) is 0 Å². The van der Waals surface area contributed by atoms with Crippen molar-refractivity contribution in [2.24, 2.45) is 23.7 Å². The van der Waals surface area contributed by atoms with E-state index in [-0.39, 0.29) is 11.5 Å². The van der Waals surface area contributed by atoms with E-state index in [1.807, 2.05) is 0 Å². The molecule has 0 N–H and O–H groups in total. The van der Waals surface area contributed by atoms with Crippen molar-refractivity contribution in [1.82, 2.24) is 0 Å². The summed E-state index contributed by atoms with van der Waals surface area (Å²) in [7, 11) is 0. The van der Waals surface area contributed by atoms with Gasteiger partial charge in [-0.3, -0.25) is 4.79 Å². The van der Waals surface area contributed by atoms with Crippen molar-refractivity contribution in [2.45, 2.75) is 64.6 Å². The summed E-state index contributed by atoms with van der Waals surface area (Å²) in [5.41, 5.74) is -0.470. The molecule has 0 amide bonds. The Balaban J connectivity index is 2.06. The fourth-order valence-electron chi connectivity index (χ4n) is 4.68. The van der Waals surface area contributed by atoms with E-state index in [0.717, 1.165) is 12.8 Å². The number of carbonyl (C=O) groups is 1. The minimum Gasteiger partial charge on any atom is -0.360 e. The minimum atomic E-state index is -0.450. The van der Waals surface area contributed by atoms with Crippen molar-refractivity contribution in [3.63, 3.8) is 0 Å². The second-order valence-electron chi connectivity index (χ2n) is 7.01. The molecule has 96 valence electrons. The number of rotatable bonds is 1. The van der Waals surface area contributed by atoms with Crippen LogP contribution in [-0.2, 0) is 9.53 Å². The predicted molar refractivity (Wildman–Crippen MR) is 66.7 cm³/mol. The minimum absolute atomic E-state index is 0.0202. The van der Waals surface area contributed by atoms with Crippen LogP contribution in [0.4, 0.5) is 0 Å². The predicted octanol–water partition coefficient (Wildman–Crippen LogP) is 3.20. The van der Waals surface area contributed by atoms with E-state index in [4.69, 9.17) is 4.74 Å². The Morgan fingerprint density at radius 2 is 2.00 bits per heavy atom. The van der Waals surface area contributed by atoms with Gasteiger partial charge in [-0.05, 0) is 50.4 Å². The highest BCUT2D eigenvalue weighted by molar-refractivity contribution is 5.92. The average molecular weight is 236 g/mol. The molecule has 2 heteroatoms. The molecule has 2 bridgehead atoms. The second kappa shape index (κ2) is 3.34. The van der Waals surface area contributed by atoms with E-state index in [0.29, 0.717) is 23.5 Å². The molecule has 2 saturated heterocycles. The third kappa shape index (κ3) is 1.28. The van der Waals surface area contributed by atoms with Crippen LogP contribution in [0.5, 0.6) is 0 Å². The van der Waals surface area contributed by atoms with Gasteiger partial charge in [0, 0.05) is 5.92 Å². The van der Waals surface area contributed by atoms with Crippen molar-refractivity contribution >= 4 is 5.78 Å². The molecule has 3 rings (SSSR count). The van der Waals surface area contributed by atoms with E-state index >= 15 is 0 Å². The van der Waals surface area contributed by atoms with Gasteiger partial charge >= 0.3 is 0 Å². The van der Waals surface area contributed by atoms with Crippen molar-refractivity contribution in [1.29, 1.82) is 0 Å². The zero-order valence-corrected chi connectivity index (χ0v) is 11.5. The van der Waals surface area contributed by atoms with E-state index in [1.54, 1.807) is 0 Å². The maximum Gasteiger partial charge on any atom is 0.168 e. The molecule has 0 unspecified atom stereocenters. The van der Waals surface area contributed by atoms with Gasteiger partial charge in [-0.1, -0.05) is 20.8 Å². The van der Waals surface area contributed by atoms with E-state index < -0.39 is 5.60 Å². The first-order chi connectivity index (χ1) is 7.91. The Morgan fingerprint density at radius 3 is 2.65 bits per heavy atom. The number of hydrogen-bond donors (Lipinski definition) is 0. The standard InChI is InChI=1S/C15H24O2/c1-9(2)15-8-7-14(4,17-15)11-6-5-10(3)12(11)13(15)16/h9-12H,5-8H2,1-4H3/t10-,11-,12-,14-,15-/m1/s1. The molecule has 5 atom stereocenters. The zero-order valence-electron chi connectivity index (χ0n) is 11.5. The SMILES string of the molecule is CC(C)[C@@]12CC[C@@](C)(O1)[C@@H]1CC[C@@H](C)[C@H]1C2=O. The van der Waals surface area contributed by atoms with Gasteiger partial charge in [-0.15, -0.1) is 0 Å². The molecule has 0 aromatic carbocycles. The average Bonchev–Trinajstić information content (AvgIpc) is 2.78. The number of Topliss-reactive ketones (excluding diaryl/α,β-unsaturated/α-hetero) is 1. The summed E-state index contributed by atoms with van der Waals surface area (Å²) in [4.78, 5) is 12.9. The maximum absolute atomic E-state index is 12.9. The Morgan fingerprint density at radius 1 is 1.29 bits per heavy atom. The third-order valence-electron chi connectivity index (χ3n) is 5.82. The van der Waals surface area contributed by atoms with Gasteiger partial charge in [-0.25, -0.2) is 0 Å². The maximum atomic E-state index is 12.9. The lowest BCUT2D eigenvalue weighted by molar-refractivity contribution is -0.197. The van der Waals surface area contributed by atoms with Gasteiger partial charge in [0.05, 0.1) is 5.60 Å². The highest BCUT2D eigenvalue weighted by Crippen LogP contribution is 2.59. The monoisotopic (exact) mass is 236 g/mol. The molecule has 2 nitrogen and oxygen atoms in total. The lowest BCUT2D eigenvalue weighted by Crippen LogP contribution is -2.57. The van der Waals surface area contributed by atoms with Crippen LogP contribution >= 0.6 is 0 Å². The normalized spacial score (nSPS) is 53.2. The molecule has 1 aliphatic carbocycles. The Labute approximate surface area is 104 Å². The Hall–Kier alpha value is -0.370. The van der Waals surface area contributed by atoms with Crippen LogP contribution in [0.2, 0.25) is 0 Å². The third-order valence-corrected chi connectivity index (χ3v) is 5.82. The second-order valence-corrected chi connectivity index (χ2v) is 7.01. The topological polar surface area (TPSA) is 26.3 Å². The van der Waals surface area contributed by atoms with Crippen molar-refractivity contribution in [3.05, 3.63) is 0 Å². The molecule has 0 spiro atoms. The van der Waals surface area contributed by atoms with Crippen molar-refractivity contribution in [3.8, 4) is 0 Å². The Kier molecular flexibility index (Phi) is 2.30.